The largest absolute Gasteiger partial charge is 0.451 e. The Kier molecular flexibility index (Phi) is 7.82. The number of rotatable bonds is 7. The molecule has 1 aromatic heterocycles. The molecule has 0 saturated carbocycles. The highest BCUT2D eigenvalue weighted by atomic mass is 19.1. The lowest BCUT2D eigenvalue weighted by Crippen LogP contribution is -2.58. The van der Waals surface area contributed by atoms with Crippen LogP contribution < -0.4 is 9.64 Å². The molecular formula is C34H39FN6O2. The van der Waals surface area contributed by atoms with Crippen LogP contribution in [0.5, 0.6) is 11.5 Å². The fourth-order valence-electron chi connectivity index (χ4n) is 7.27. The van der Waals surface area contributed by atoms with Crippen molar-refractivity contribution in [1.82, 2.24) is 19.8 Å². The van der Waals surface area contributed by atoms with Crippen molar-refractivity contribution in [1.29, 1.82) is 5.26 Å². The highest BCUT2D eigenvalue weighted by Crippen LogP contribution is 2.45. The van der Waals surface area contributed by atoms with Crippen molar-refractivity contribution in [3.8, 4) is 17.6 Å². The van der Waals surface area contributed by atoms with E-state index in [4.69, 9.17) is 4.74 Å². The van der Waals surface area contributed by atoms with Gasteiger partial charge in [0, 0.05) is 43.2 Å². The SMILES string of the molecule is CC(C)N(C(=O)c1cc(F)ccc1Oc1cncnc1N1CC2(CCN(C3CCc4cc(C#N)ccc4C3)C2)C1)C(C)C. The number of fused-ring (bicyclic) bond motifs is 1. The first-order chi connectivity index (χ1) is 20.7. The fraction of sp³-hybridized carbons (Fsp3) is 0.471. The van der Waals surface area contributed by atoms with Gasteiger partial charge in [0.1, 0.15) is 17.9 Å². The first kappa shape index (κ1) is 29.1. The van der Waals surface area contributed by atoms with Gasteiger partial charge in [-0.25, -0.2) is 14.4 Å². The van der Waals surface area contributed by atoms with Crippen molar-refractivity contribution in [2.24, 2.45) is 5.41 Å². The van der Waals surface area contributed by atoms with Gasteiger partial charge >= 0.3 is 0 Å². The molecule has 3 heterocycles. The maximum atomic E-state index is 14.3. The number of aromatic nitrogens is 2. The molecular weight excluding hydrogens is 543 g/mol. The van der Waals surface area contributed by atoms with Gasteiger partial charge < -0.3 is 14.5 Å². The van der Waals surface area contributed by atoms with Crippen molar-refractivity contribution in [3.05, 3.63) is 77.0 Å². The summed E-state index contributed by atoms with van der Waals surface area (Å²) in [5.41, 5.74) is 3.83. The summed E-state index contributed by atoms with van der Waals surface area (Å²) in [6.45, 7) is 11.7. The number of benzene rings is 2. The van der Waals surface area contributed by atoms with Crippen molar-refractivity contribution >= 4 is 11.7 Å². The molecule has 2 aromatic carbocycles. The number of amides is 1. The summed E-state index contributed by atoms with van der Waals surface area (Å²) in [5.74, 6) is 0.662. The number of anilines is 1. The van der Waals surface area contributed by atoms with E-state index >= 15 is 0 Å². The van der Waals surface area contributed by atoms with Crippen molar-refractivity contribution < 1.29 is 13.9 Å². The van der Waals surface area contributed by atoms with Crippen LogP contribution in [0.1, 0.15) is 67.6 Å². The Bertz CT molecular complexity index is 1550. The number of hydrogen-bond acceptors (Lipinski definition) is 7. The lowest BCUT2D eigenvalue weighted by molar-refractivity contribution is 0.0640. The summed E-state index contributed by atoms with van der Waals surface area (Å²) in [5, 5.41) is 9.24. The first-order valence-electron chi connectivity index (χ1n) is 15.3. The molecule has 6 rings (SSSR count). The van der Waals surface area contributed by atoms with Crippen LogP contribution in [0.3, 0.4) is 0 Å². The molecule has 1 unspecified atom stereocenters. The van der Waals surface area contributed by atoms with Gasteiger partial charge in [-0.2, -0.15) is 5.26 Å². The molecule has 0 radical (unpaired) electrons. The van der Waals surface area contributed by atoms with Crippen LogP contribution in [-0.2, 0) is 12.8 Å². The van der Waals surface area contributed by atoms with Crippen molar-refractivity contribution in [3.63, 3.8) is 0 Å². The minimum atomic E-state index is -0.489. The fourth-order valence-corrected chi connectivity index (χ4v) is 7.27. The van der Waals surface area contributed by atoms with Crippen molar-refractivity contribution in [2.45, 2.75) is 71.5 Å². The van der Waals surface area contributed by atoms with Crippen LogP contribution in [0.25, 0.3) is 0 Å². The summed E-state index contributed by atoms with van der Waals surface area (Å²) in [4.78, 5) is 28.9. The predicted octanol–water partition coefficient (Wildman–Crippen LogP) is 5.61. The second-order valence-corrected chi connectivity index (χ2v) is 12.9. The van der Waals surface area contributed by atoms with Crippen LogP contribution in [-0.4, -0.2) is 70.0 Å². The van der Waals surface area contributed by atoms with Gasteiger partial charge in [0.2, 0.25) is 0 Å². The molecule has 2 saturated heterocycles. The third-order valence-electron chi connectivity index (χ3n) is 9.27. The van der Waals surface area contributed by atoms with Gasteiger partial charge in [-0.3, -0.25) is 9.69 Å². The van der Waals surface area contributed by atoms with Gasteiger partial charge in [0.05, 0.1) is 23.4 Å². The Balaban J connectivity index is 1.14. The maximum Gasteiger partial charge on any atom is 0.258 e. The highest BCUT2D eigenvalue weighted by Gasteiger charge is 2.50. The predicted molar refractivity (Wildman–Crippen MR) is 163 cm³/mol. The Morgan fingerprint density at radius 1 is 1.09 bits per heavy atom. The van der Waals surface area contributed by atoms with E-state index in [1.807, 2.05) is 33.8 Å². The number of ether oxygens (including phenoxy) is 1. The minimum absolute atomic E-state index is 0.0535. The van der Waals surface area contributed by atoms with Gasteiger partial charge in [-0.1, -0.05) is 6.07 Å². The standard InChI is InChI=1S/C34H39FN6O2/c1-22(2)41(23(3)4)33(42)29-15-27(35)8-10-30(29)43-31-17-37-21-38-32(31)40-19-34(20-40)11-12-39(18-34)28-9-7-25-13-24(16-36)5-6-26(25)14-28/h5-6,8,10,13,15,17,21-23,28H,7,9,11-12,14,18-20H2,1-4H3. The molecule has 2 fully saturated rings. The lowest BCUT2D eigenvalue weighted by Gasteiger charge is -2.49. The van der Waals surface area contributed by atoms with E-state index < -0.39 is 5.82 Å². The zero-order chi connectivity index (χ0) is 30.3. The molecule has 2 aliphatic heterocycles. The van der Waals surface area contributed by atoms with Crippen LogP contribution in [0, 0.1) is 22.6 Å². The van der Waals surface area contributed by atoms with Crippen molar-refractivity contribution in [2.75, 3.05) is 31.1 Å². The molecule has 8 nitrogen and oxygen atoms in total. The van der Waals surface area contributed by atoms with E-state index in [1.165, 1.54) is 35.7 Å². The average molecular weight is 583 g/mol. The maximum absolute atomic E-state index is 14.3. The molecule has 3 aliphatic rings. The van der Waals surface area contributed by atoms with E-state index in [0.717, 1.165) is 57.4 Å². The zero-order valence-electron chi connectivity index (χ0n) is 25.4. The molecule has 1 aliphatic carbocycles. The topological polar surface area (TPSA) is 85.6 Å². The van der Waals surface area contributed by atoms with Gasteiger partial charge in [0.15, 0.2) is 11.6 Å². The molecule has 1 spiro atoms. The summed E-state index contributed by atoms with van der Waals surface area (Å²) >= 11 is 0. The third kappa shape index (κ3) is 5.68. The number of carbonyl (C=O) groups is 1. The number of hydrogen-bond donors (Lipinski definition) is 0. The smallest absolute Gasteiger partial charge is 0.258 e. The van der Waals surface area contributed by atoms with Gasteiger partial charge in [-0.05, 0) is 101 Å². The Hall–Kier alpha value is -4.03. The number of halogens is 1. The minimum Gasteiger partial charge on any atom is -0.451 e. The van der Waals surface area contributed by atoms with E-state index in [2.05, 4.69) is 38.0 Å². The summed E-state index contributed by atoms with van der Waals surface area (Å²) in [6, 6.07) is 12.9. The molecule has 1 amide bonds. The number of nitriles is 1. The third-order valence-corrected chi connectivity index (χ3v) is 9.27. The number of nitrogens with zero attached hydrogens (tertiary/aromatic N) is 6. The zero-order valence-corrected chi connectivity index (χ0v) is 25.4. The number of aryl methyl sites for hydroxylation is 1. The summed E-state index contributed by atoms with van der Waals surface area (Å²) < 4.78 is 20.6. The molecule has 1 atom stereocenters. The first-order valence-corrected chi connectivity index (χ1v) is 15.3. The Labute approximate surface area is 253 Å². The molecule has 224 valence electrons. The van der Waals surface area contributed by atoms with Crippen LogP contribution in [0.2, 0.25) is 0 Å². The quantitative estimate of drug-likeness (QED) is 0.358. The highest BCUT2D eigenvalue weighted by molar-refractivity contribution is 5.97. The van der Waals surface area contributed by atoms with E-state index in [-0.39, 0.29) is 34.7 Å². The Morgan fingerprint density at radius 2 is 1.88 bits per heavy atom. The van der Waals surface area contributed by atoms with E-state index in [1.54, 1.807) is 11.1 Å². The van der Waals surface area contributed by atoms with E-state index in [9.17, 15) is 14.4 Å². The molecule has 0 bridgehead atoms. The monoisotopic (exact) mass is 582 g/mol. The van der Waals surface area contributed by atoms with Crippen LogP contribution in [0.4, 0.5) is 10.2 Å². The van der Waals surface area contributed by atoms with Crippen LogP contribution in [0.15, 0.2) is 48.9 Å². The lowest BCUT2D eigenvalue weighted by atomic mass is 9.79. The molecule has 43 heavy (non-hydrogen) atoms. The normalized spacial score (nSPS) is 19.3. The average Bonchev–Trinajstić information content (AvgIpc) is 3.43. The molecule has 9 heteroatoms. The summed E-state index contributed by atoms with van der Waals surface area (Å²) in [6.07, 6.45) is 7.45. The molecule has 3 aromatic rings. The second-order valence-electron chi connectivity index (χ2n) is 12.9. The number of carbonyl (C=O) groups excluding carboxylic acids is 1. The van der Waals surface area contributed by atoms with E-state index in [0.29, 0.717) is 17.6 Å². The molecule has 0 N–H and O–H groups in total. The van der Waals surface area contributed by atoms with Crippen LogP contribution >= 0.6 is 0 Å². The van der Waals surface area contributed by atoms with Gasteiger partial charge in [-0.15, -0.1) is 0 Å². The van der Waals surface area contributed by atoms with Gasteiger partial charge in [0.25, 0.3) is 5.91 Å². The Morgan fingerprint density at radius 3 is 2.63 bits per heavy atom. The summed E-state index contributed by atoms with van der Waals surface area (Å²) in [7, 11) is 0. The second kappa shape index (κ2) is 11.6. The number of likely N-dealkylation sites (tertiary alicyclic amines) is 1.